The molecule has 7 heterocycles. The molecule has 2 atom stereocenters. The summed E-state index contributed by atoms with van der Waals surface area (Å²) < 4.78 is 20.8. The van der Waals surface area contributed by atoms with Crippen molar-refractivity contribution < 1.29 is 48.7 Å². The lowest BCUT2D eigenvalue weighted by Crippen LogP contribution is -2.55. The maximum atomic E-state index is 14.2. The second-order valence-corrected chi connectivity index (χ2v) is 19.4. The lowest BCUT2D eigenvalue weighted by atomic mass is 9.86. The topological polar surface area (TPSA) is 241 Å². The van der Waals surface area contributed by atoms with E-state index in [1.807, 2.05) is 20.8 Å². The third-order valence-corrected chi connectivity index (χ3v) is 14.7. The zero-order chi connectivity index (χ0) is 51.5. The van der Waals surface area contributed by atoms with E-state index in [1.165, 1.54) is 11.0 Å². The summed E-state index contributed by atoms with van der Waals surface area (Å²) in [6.45, 7) is 10.9. The Hall–Kier alpha value is -7.80. The molecule has 0 spiro atoms. The van der Waals surface area contributed by atoms with E-state index in [2.05, 4.69) is 15.5 Å². The van der Waals surface area contributed by atoms with Crippen molar-refractivity contribution in [1.29, 1.82) is 0 Å². The first-order valence-electron chi connectivity index (χ1n) is 25.1. The zero-order valence-corrected chi connectivity index (χ0v) is 41.4. The number of amides is 3. The quantitative estimate of drug-likeness (QED) is 0.1000. The van der Waals surface area contributed by atoms with E-state index < -0.39 is 29.6 Å². The third-order valence-electron chi connectivity index (χ3n) is 14.7. The normalized spacial score (nSPS) is 18.6. The van der Waals surface area contributed by atoms with Gasteiger partial charge in [-0.3, -0.25) is 23.9 Å². The van der Waals surface area contributed by atoms with Crippen molar-refractivity contribution in [2.24, 2.45) is 0 Å². The van der Waals surface area contributed by atoms with Crippen LogP contribution in [-0.2, 0) is 39.5 Å². The average molecular weight is 995 g/mol. The number of aromatic hydroxyl groups is 2. The van der Waals surface area contributed by atoms with E-state index in [1.54, 1.807) is 82.5 Å². The molecule has 0 radical (unpaired) electrons. The van der Waals surface area contributed by atoms with E-state index in [4.69, 9.17) is 19.2 Å². The molecule has 73 heavy (non-hydrogen) atoms. The fourth-order valence-corrected chi connectivity index (χ4v) is 10.8. The van der Waals surface area contributed by atoms with Crippen LogP contribution in [0.2, 0.25) is 0 Å². The van der Waals surface area contributed by atoms with Crippen LogP contribution in [0.1, 0.15) is 117 Å². The van der Waals surface area contributed by atoms with Gasteiger partial charge in [-0.1, -0.05) is 27.7 Å². The molecule has 0 bridgehead atoms. The Kier molecular flexibility index (Phi) is 12.9. The van der Waals surface area contributed by atoms with Gasteiger partial charge in [0, 0.05) is 67.3 Å². The highest BCUT2D eigenvalue weighted by atomic mass is 16.6. The van der Waals surface area contributed by atoms with E-state index in [0.717, 1.165) is 29.4 Å². The van der Waals surface area contributed by atoms with Crippen molar-refractivity contribution in [3.05, 3.63) is 105 Å². The van der Waals surface area contributed by atoms with Gasteiger partial charge < -0.3 is 44.3 Å². The molecule has 3 aromatic carbocycles. The number of esters is 1. The maximum Gasteiger partial charge on any atom is 0.415 e. The number of aliphatic hydroxyl groups is 1. The molecule has 6 aromatic rings. The standard InChI is InChI=1S/C54H58N8O11/c1-6-34-36-23-33(16-17-41(36)56-46-38(34)27-61-43(46)25-40-39(50(61)66)28-71-52(68)54(40,70)7-2)73-53(69)60-20-10-9-11-42(60)51(67)59-21-18-32(19-22-59)72-31-14-12-30(13-15-31)62-47(57-58-48(62)49(65)55-8-3)37-24-35(29(4)5)44(63)26-45(37)64/h12-17,23-26,29,32,42,63-64,70H,6-11,18-22,27-28H2,1-5H3,(H,55,65)/t42?,54-/m0/s1. The summed E-state index contributed by atoms with van der Waals surface area (Å²) in [6, 6.07) is 16.2. The molecule has 3 amide bonds. The summed E-state index contributed by atoms with van der Waals surface area (Å²) in [6.07, 6.45) is 2.95. The number of carbonyl (C=O) groups is 4. The highest BCUT2D eigenvalue weighted by Gasteiger charge is 2.46. The van der Waals surface area contributed by atoms with Crippen LogP contribution in [0.5, 0.6) is 23.0 Å². The highest BCUT2D eigenvalue weighted by Crippen LogP contribution is 2.42. The van der Waals surface area contributed by atoms with Gasteiger partial charge >= 0.3 is 12.1 Å². The smallest absolute Gasteiger partial charge is 0.415 e. The number of fused-ring (bicyclic) bond motifs is 5. The van der Waals surface area contributed by atoms with Gasteiger partial charge in [0.05, 0.1) is 34.6 Å². The van der Waals surface area contributed by atoms with Crippen molar-refractivity contribution in [2.45, 2.75) is 116 Å². The number of cyclic esters (lactones) is 1. The van der Waals surface area contributed by atoms with Gasteiger partial charge in [0.2, 0.25) is 11.7 Å². The summed E-state index contributed by atoms with van der Waals surface area (Å²) in [5.41, 5.74) is 3.15. The van der Waals surface area contributed by atoms with E-state index in [9.17, 15) is 39.3 Å². The van der Waals surface area contributed by atoms with E-state index in [0.29, 0.717) is 97.1 Å². The van der Waals surface area contributed by atoms with Gasteiger partial charge in [0.1, 0.15) is 41.8 Å². The van der Waals surface area contributed by atoms with Gasteiger partial charge in [-0.25, -0.2) is 14.6 Å². The Balaban J connectivity index is 0.806. The molecule has 4 aliphatic heterocycles. The molecule has 2 fully saturated rings. The molecule has 0 aliphatic carbocycles. The minimum atomic E-state index is -1.94. The number of carbonyl (C=O) groups excluding carboxylic acids is 4. The number of likely N-dealkylation sites (tertiary alicyclic amines) is 2. The summed E-state index contributed by atoms with van der Waals surface area (Å²) in [7, 11) is 0. The highest BCUT2D eigenvalue weighted by molar-refractivity contribution is 5.93. The number of phenolic OH excluding ortho intramolecular Hbond substituents is 2. The molecular formula is C54H58N8O11. The summed E-state index contributed by atoms with van der Waals surface area (Å²) in [4.78, 5) is 76.2. The van der Waals surface area contributed by atoms with Crippen LogP contribution in [0.25, 0.3) is 39.4 Å². The lowest BCUT2D eigenvalue weighted by molar-refractivity contribution is -0.172. The van der Waals surface area contributed by atoms with Gasteiger partial charge in [-0.05, 0) is 111 Å². The number of nitrogens with one attached hydrogen (secondary N) is 1. The summed E-state index contributed by atoms with van der Waals surface area (Å²) in [5.74, 6) is -0.583. The van der Waals surface area contributed by atoms with Crippen LogP contribution in [0.15, 0.2) is 65.5 Å². The Morgan fingerprint density at radius 2 is 1.64 bits per heavy atom. The SMILES string of the molecule is CCNC(=O)c1nnc(-c2cc(C(C)C)c(O)cc2O)n1-c1ccc(OC2CCN(C(=O)C3CCCCN3C(=O)Oc3ccc4nc5c(c(CC)c4c3)Cn3c-5cc4c(c3=O)COC(=O)[C@]4(O)CC)CC2)cc1. The average Bonchev–Trinajstić information content (AvgIpc) is 4.00. The molecule has 19 heteroatoms. The van der Waals surface area contributed by atoms with E-state index >= 15 is 0 Å². The lowest BCUT2D eigenvalue weighted by Gasteiger charge is -2.39. The first-order valence-corrected chi connectivity index (χ1v) is 25.1. The van der Waals surface area contributed by atoms with Crippen LogP contribution < -0.4 is 20.3 Å². The number of hydrogen-bond donors (Lipinski definition) is 4. The Morgan fingerprint density at radius 1 is 0.890 bits per heavy atom. The third kappa shape index (κ3) is 8.57. The molecule has 2 saturated heterocycles. The summed E-state index contributed by atoms with van der Waals surface area (Å²) in [5, 5.41) is 44.8. The second kappa shape index (κ2) is 19.3. The van der Waals surface area contributed by atoms with E-state index in [-0.39, 0.29) is 77.3 Å². The minimum Gasteiger partial charge on any atom is -0.508 e. The number of piperidine rings is 2. The number of ether oxygens (including phenoxy) is 3. The monoisotopic (exact) mass is 994 g/mol. The van der Waals surface area contributed by atoms with Crippen LogP contribution in [0.3, 0.4) is 0 Å². The van der Waals surface area contributed by atoms with Crippen LogP contribution >= 0.6 is 0 Å². The molecular weight excluding hydrogens is 937 g/mol. The Bertz CT molecular complexity index is 3270. The molecule has 19 nitrogen and oxygen atoms in total. The molecule has 4 N–H and O–H groups in total. The number of phenols is 2. The Labute approximate surface area is 420 Å². The number of hydrogen-bond acceptors (Lipinski definition) is 14. The molecule has 10 rings (SSSR count). The van der Waals surface area contributed by atoms with Crippen molar-refractivity contribution in [3.8, 4) is 51.5 Å². The molecule has 4 aliphatic rings. The number of nitrogens with zero attached hydrogens (tertiary/aromatic N) is 7. The largest absolute Gasteiger partial charge is 0.508 e. The predicted octanol–water partition coefficient (Wildman–Crippen LogP) is 6.60. The predicted molar refractivity (Wildman–Crippen MR) is 267 cm³/mol. The van der Waals surface area contributed by atoms with Gasteiger partial charge in [0.25, 0.3) is 11.5 Å². The molecule has 380 valence electrons. The minimum absolute atomic E-state index is 0.0170. The number of pyridine rings is 2. The van der Waals surface area contributed by atoms with Crippen molar-refractivity contribution >= 4 is 34.8 Å². The number of benzene rings is 3. The van der Waals surface area contributed by atoms with Gasteiger partial charge in [0.15, 0.2) is 11.4 Å². The van der Waals surface area contributed by atoms with Gasteiger partial charge in [-0.15, -0.1) is 10.2 Å². The molecule has 0 saturated carbocycles. The fourth-order valence-electron chi connectivity index (χ4n) is 10.8. The first-order chi connectivity index (χ1) is 35.1. The Morgan fingerprint density at radius 3 is 2.36 bits per heavy atom. The zero-order valence-electron chi connectivity index (χ0n) is 41.4. The van der Waals surface area contributed by atoms with Crippen LogP contribution in [0.4, 0.5) is 4.79 Å². The number of aromatic nitrogens is 5. The first kappa shape index (κ1) is 48.8. The maximum absolute atomic E-state index is 14.2. The van der Waals surface area contributed by atoms with Gasteiger partial charge in [-0.2, -0.15) is 0 Å². The fraction of sp³-hybridized carbons (Fsp3) is 0.407. The van der Waals surface area contributed by atoms with Crippen LogP contribution in [-0.4, -0.2) is 112 Å². The van der Waals surface area contributed by atoms with Crippen molar-refractivity contribution in [2.75, 3.05) is 26.2 Å². The molecule has 3 aromatic heterocycles. The number of aryl methyl sites for hydroxylation is 1. The second-order valence-electron chi connectivity index (χ2n) is 19.4. The molecule has 1 unspecified atom stereocenters. The van der Waals surface area contributed by atoms with Crippen molar-refractivity contribution in [1.82, 2.24) is 39.4 Å². The van der Waals surface area contributed by atoms with Crippen LogP contribution in [0, 0.1) is 0 Å². The summed E-state index contributed by atoms with van der Waals surface area (Å²) >= 11 is 0. The number of rotatable bonds is 11. The van der Waals surface area contributed by atoms with Crippen molar-refractivity contribution in [3.63, 3.8) is 0 Å².